The molecule has 0 aliphatic carbocycles. The van der Waals surface area contributed by atoms with Gasteiger partial charge in [0.1, 0.15) is 0 Å². The summed E-state index contributed by atoms with van der Waals surface area (Å²) in [6.07, 6.45) is 4.38. The van der Waals surface area contributed by atoms with Crippen LogP contribution in [0.2, 0.25) is 0 Å². The molecule has 0 fully saturated rings. The van der Waals surface area contributed by atoms with E-state index in [1.165, 1.54) is 0 Å². The second-order valence-electron chi connectivity index (χ2n) is 5.98. The summed E-state index contributed by atoms with van der Waals surface area (Å²) in [5.41, 5.74) is 5.13. The summed E-state index contributed by atoms with van der Waals surface area (Å²) in [6.45, 7) is 7.41. The Labute approximate surface area is 170 Å². The fourth-order valence-corrected chi connectivity index (χ4v) is 2.62. The number of hydrazine groups is 1. The summed E-state index contributed by atoms with van der Waals surface area (Å²) < 4.78 is 18.6. The molecule has 0 bridgehead atoms. The second-order valence-corrected chi connectivity index (χ2v) is 5.98. The van der Waals surface area contributed by atoms with Crippen molar-refractivity contribution in [3.63, 3.8) is 0 Å². The highest BCUT2D eigenvalue weighted by Crippen LogP contribution is 2.39. The third-order valence-electron chi connectivity index (χ3n) is 3.84. The molecule has 0 atom stereocenters. The van der Waals surface area contributed by atoms with E-state index in [4.69, 9.17) is 14.2 Å². The van der Waals surface area contributed by atoms with Crippen LogP contribution < -0.4 is 25.1 Å². The molecule has 1 aromatic heterocycles. The second kappa shape index (κ2) is 11.6. The van der Waals surface area contributed by atoms with E-state index in [1.54, 1.807) is 23.0 Å². The molecule has 0 saturated heterocycles. The molecule has 0 spiro atoms. The van der Waals surface area contributed by atoms with E-state index in [0.29, 0.717) is 50.0 Å². The Hall–Kier alpha value is -3.23. The fourth-order valence-electron chi connectivity index (χ4n) is 2.62. The van der Waals surface area contributed by atoms with Crippen molar-refractivity contribution in [2.24, 2.45) is 0 Å². The lowest BCUT2D eigenvalue weighted by Crippen LogP contribution is -2.41. The Morgan fingerprint density at radius 2 is 1.66 bits per heavy atom. The molecule has 0 aliphatic heterocycles. The minimum absolute atomic E-state index is 0.262. The monoisotopic (exact) mass is 404 g/mol. The van der Waals surface area contributed by atoms with Crippen LogP contribution in [0.5, 0.6) is 17.2 Å². The minimum atomic E-state index is -0.476. The Morgan fingerprint density at radius 1 is 1.00 bits per heavy atom. The van der Waals surface area contributed by atoms with E-state index in [1.807, 2.05) is 33.0 Å². The Bertz CT molecular complexity index is 765. The van der Waals surface area contributed by atoms with Gasteiger partial charge in [-0.15, -0.1) is 0 Å². The van der Waals surface area contributed by atoms with Gasteiger partial charge in [0.25, 0.3) is 5.91 Å². The molecule has 2 amide bonds. The number of rotatable bonds is 11. The van der Waals surface area contributed by atoms with Crippen molar-refractivity contribution in [1.82, 2.24) is 20.6 Å². The van der Waals surface area contributed by atoms with Crippen molar-refractivity contribution in [1.29, 1.82) is 0 Å². The lowest BCUT2D eigenvalue weighted by molar-refractivity contribution is -0.122. The highest BCUT2D eigenvalue weighted by Gasteiger charge is 2.18. The zero-order valence-corrected chi connectivity index (χ0v) is 17.1. The lowest BCUT2D eigenvalue weighted by atomic mass is 10.1. The van der Waals surface area contributed by atoms with Crippen molar-refractivity contribution in [3.05, 3.63) is 36.2 Å². The van der Waals surface area contributed by atoms with Gasteiger partial charge in [-0.3, -0.25) is 25.1 Å². The number of nitrogens with one attached hydrogen (secondary N) is 2. The topological polar surface area (TPSA) is 104 Å². The van der Waals surface area contributed by atoms with Crippen molar-refractivity contribution < 1.29 is 23.8 Å². The third-order valence-corrected chi connectivity index (χ3v) is 3.84. The maximum absolute atomic E-state index is 12.5. The number of hydrogen-bond donors (Lipinski definition) is 2. The van der Waals surface area contributed by atoms with Crippen LogP contribution >= 0.6 is 0 Å². The van der Waals surface area contributed by atoms with Crippen LogP contribution in [0.3, 0.4) is 0 Å². The largest absolute Gasteiger partial charge is 0.490 e. The molecule has 1 heterocycles. The van der Waals surface area contributed by atoms with Crippen LogP contribution in [0, 0.1) is 0 Å². The first-order chi connectivity index (χ1) is 14.1. The first kappa shape index (κ1) is 22.1. The van der Waals surface area contributed by atoms with E-state index in [-0.39, 0.29) is 17.9 Å². The molecule has 0 radical (unpaired) electrons. The van der Waals surface area contributed by atoms with E-state index < -0.39 is 5.91 Å². The quantitative estimate of drug-likeness (QED) is 0.557. The first-order valence-electron chi connectivity index (χ1n) is 9.72. The van der Waals surface area contributed by atoms with Crippen LogP contribution in [-0.2, 0) is 11.3 Å². The van der Waals surface area contributed by atoms with E-state index in [2.05, 4.69) is 16.0 Å². The molecule has 1 aromatic carbocycles. The van der Waals surface area contributed by atoms with Crippen LogP contribution in [0.15, 0.2) is 30.6 Å². The fraction of sp³-hybridized carbons (Fsp3) is 0.450. The zero-order chi connectivity index (χ0) is 21.1. The molecular weight excluding hydrogens is 376 g/mol. The van der Waals surface area contributed by atoms with E-state index >= 15 is 0 Å². The van der Waals surface area contributed by atoms with Gasteiger partial charge in [-0.25, -0.2) is 0 Å². The zero-order valence-electron chi connectivity index (χ0n) is 17.1. The minimum Gasteiger partial charge on any atom is -0.490 e. The molecule has 158 valence electrons. The predicted molar refractivity (Wildman–Crippen MR) is 107 cm³/mol. The summed E-state index contributed by atoms with van der Waals surface area (Å²) in [7, 11) is 0. The van der Waals surface area contributed by atoms with Gasteiger partial charge in [-0.2, -0.15) is 5.10 Å². The maximum Gasteiger partial charge on any atom is 0.269 e. The van der Waals surface area contributed by atoms with Crippen LogP contribution in [0.1, 0.15) is 44.0 Å². The van der Waals surface area contributed by atoms with Crippen LogP contribution in [0.4, 0.5) is 0 Å². The van der Waals surface area contributed by atoms with Gasteiger partial charge in [-0.05, 0) is 45.4 Å². The van der Waals surface area contributed by atoms with Crippen molar-refractivity contribution >= 4 is 11.8 Å². The van der Waals surface area contributed by atoms with Crippen LogP contribution in [0.25, 0.3) is 0 Å². The summed E-state index contributed by atoms with van der Waals surface area (Å²) in [6, 6.07) is 4.95. The molecule has 29 heavy (non-hydrogen) atoms. The molecule has 2 N–H and O–H groups in total. The summed E-state index contributed by atoms with van der Waals surface area (Å²) in [4.78, 5) is 24.5. The number of carbonyl (C=O) groups excluding carboxylic acids is 2. The van der Waals surface area contributed by atoms with Gasteiger partial charge >= 0.3 is 0 Å². The SMILES string of the molecule is CCOc1cc(C(=O)NNC(=O)CCCn2cccn2)cc(OCC)c1OCC. The standard InChI is InChI=1S/C20H28N4O5/c1-4-27-16-13-15(14-17(28-5-2)19(16)29-6-3)20(26)23-22-18(25)9-7-11-24-12-8-10-21-24/h8,10,12-14H,4-7,9,11H2,1-3H3,(H,22,25)(H,23,26). The van der Waals surface area contributed by atoms with E-state index in [9.17, 15) is 9.59 Å². The van der Waals surface area contributed by atoms with Gasteiger partial charge in [-0.1, -0.05) is 0 Å². The third kappa shape index (κ3) is 6.70. The van der Waals surface area contributed by atoms with Gasteiger partial charge in [0.15, 0.2) is 11.5 Å². The van der Waals surface area contributed by atoms with Crippen molar-refractivity contribution in [2.45, 2.75) is 40.2 Å². The molecule has 2 aromatic rings. The Balaban J connectivity index is 1.98. The molecule has 2 rings (SSSR count). The number of amides is 2. The van der Waals surface area contributed by atoms with Gasteiger partial charge < -0.3 is 14.2 Å². The number of aryl methyl sites for hydroxylation is 1. The number of nitrogens with zero attached hydrogens (tertiary/aromatic N) is 2. The summed E-state index contributed by atoms with van der Waals surface area (Å²) >= 11 is 0. The number of carbonyl (C=O) groups is 2. The smallest absolute Gasteiger partial charge is 0.269 e. The predicted octanol–water partition coefficient (Wildman–Crippen LogP) is 2.32. The molecule has 0 aliphatic rings. The van der Waals surface area contributed by atoms with E-state index in [0.717, 1.165) is 0 Å². The highest BCUT2D eigenvalue weighted by atomic mass is 16.5. The van der Waals surface area contributed by atoms with Crippen molar-refractivity contribution in [2.75, 3.05) is 19.8 Å². The number of hydrogen-bond acceptors (Lipinski definition) is 6. The Morgan fingerprint density at radius 3 is 2.21 bits per heavy atom. The average molecular weight is 404 g/mol. The molecule has 0 unspecified atom stereocenters. The van der Waals surface area contributed by atoms with Gasteiger partial charge in [0, 0.05) is 30.9 Å². The number of benzene rings is 1. The van der Waals surface area contributed by atoms with Crippen LogP contribution in [-0.4, -0.2) is 41.4 Å². The molecule has 9 nitrogen and oxygen atoms in total. The number of ether oxygens (including phenoxy) is 3. The lowest BCUT2D eigenvalue weighted by Gasteiger charge is -2.17. The van der Waals surface area contributed by atoms with Crippen molar-refractivity contribution in [3.8, 4) is 17.2 Å². The maximum atomic E-state index is 12.5. The van der Waals surface area contributed by atoms with Gasteiger partial charge in [0.2, 0.25) is 11.7 Å². The normalized spacial score (nSPS) is 10.3. The number of aromatic nitrogens is 2. The molecule has 9 heteroatoms. The summed E-state index contributed by atoms with van der Waals surface area (Å²) in [5.74, 6) is 0.518. The average Bonchev–Trinajstić information content (AvgIpc) is 3.22. The first-order valence-corrected chi connectivity index (χ1v) is 9.72. The van der Waals surface area contributed by atoms with Gasteiger partial charge in [0.05, 0.1) is 19.8 Å². The summed E-state index contributed by atoms with van der Waals surface area (Å²) in [5, 5.41) is 4.08. The molecular formula is C20H28N4O5. The molecule has 0 saturated carbocycles. The Kier molecular flexibility index (Phi) is 8.81. The highest BCUT2D eigenvalue weighted by molar-refractivity contribution is 5.96.